The van der Waals surface area contributed by atoms with Crippen molar-refractivity contribution in [3.05, 3.63) is 52.0 Å². The fraction of sp³-hybridized carbons (Fsp3) is 0.552. The highest BCUT2D eigenvalue weighted by Crippen LogP contribution is 2.39. The number of halogens is 1. The molecule has 1 saturated carbocycles. The molecule has 1 nitrogen and oxygen atoms in total. The summed E-state index contributed by atoms with van der Waals surface area (Å²) >= 11 is 5.57. The molecule has 0 unspecified atom stereocenters. The Balaban J connectivity index is 1.50. The monoisotopic (exact) mass is 452 g/mol. The Labute approximate surface area is 197 Å². The molecule has 0 bridgehead atoms. The van der Waals surface area contributed by atoms with Crippen molar-refractivity contribution in [2.24, 2.45) is 5.92 Å². The quantitative estimate of drug-likeness (QED) is 0.182. The van der Waals surface area contributed by atoms with E-state index in [2.05, 4.69) is 32.0 Å². The molecule has 0 amide bonds. The number of unbranched alkanes of at least 4 members (excludes halogenated alkanes) is 4. The summed E-state index contributed by atoms with van der Waals surface area (Å²) < 4.78 is 21.2. The number of hydrogen-bond donors (Lipinski definition) is 0. The third kappa shape index (κ3) is 5.09. The average Bonchev–Trinajstić information content (AvgIpc) is 2.82. The molecule has 2 aromatic carbocycles. The maximum Gasteiger partial charge on any atom is 0.198 e. The van der Waals surface area contributed by atoms with E-state index in [1.165, 1.54) is 69.8 Å². The first kappa shape index (κ1) is 23.4. The van der Waals surface area contributed by atoms with Crippen LogP contribution in [0.5, 0.6) is 0 Å². The fourth-order valence-corrected chi connectivity index (χ4v) is 5.81. The lowest BCUT2D eigenvalue weighted by molar-refractivity contribution is 0.302. The molecule has 32 heavy (non-hydrogen) atoms. The summed E-state index contributed by atoms with van der Waals surface area (Å²) in [5.41, 5.74) is 2.37. The van der Waals surface area contributed by atoms with Gasteiger partial charge in [0.05, 0.1) is 0 Å². The second-order valence-electron chi connectivity index (χ2n) is 9.78. The number of fused-ring (bicyclic) bond motifs is 3. The standard InChI is InChI=1S/C29H37FOS/c1-3-5-6-7-8-10-20-11-13-21(14-12-20)23-16-17-24-25-18-15-22(9-4-2)27(30)28(25)31-29(32)26(24)19-23/h15-21H,3-14H2,1-2H3. The van der Waals surface area contributed by atoms with E-state index in [1.807, 2.05) is 12.1 Å². The van der Waals surface area contributed by atoms with Crippen molar-refractivity contribution in [3.8, 4) is 0 Å². The van der Waals surface area contributed by atoms with Crippen molar-refractivity contribution in [2.75, 3.05) is 0 Å². The van der Waals surface area contributed by atoms with Gasteiger partial charge in [0.1, 0.15) is 0 Å². The molecule has 0 aliphatic heterocycles. The molecule has 1 aromatic heterocycles. The maximum atomic E-state index is 15.0. The van der Waals surface area contributed by atoms with Gasteiger partial charge in [-0.3, -0.25) is 0 Å². The average molecular weight is 453 g/mol. The van der Waals surface area contributed by atoms with Gasteiger partial charge in [-0.05, 0) is 78.7 Å². The molecule has 0 spiro atoms. The summed E-state index contributed by atoms with van der Waals surface area (Å²) in [5.74, 6) is 1.25. The molecule has 1 heterocycles. The van der Waals surface area contributed by atoms with Crippen molar-refractivity contribution < 1.29 is 8.81 Å². The highest BCUT2D eigenvalue weighted by atomic mass is 32.1. The molecule has 1 aliphatic carbocycles. The van der Waals surface area contributed by atoms with Crippen LogP contribution in [0.3, 0.4) is 0 Å². The molecular formula is C29H37FOS. The molecule has 3 aromatic rings. The zero-order valence-electron chi connectivity index (χ0n) is 19.7. The van der Waals surface area contributed by atoms with Crippen LogP contribution in [-0.2, 0) is 6.42 Å². The minimum Gasteiger partial charge on any atom is -0.441 e. The zero-order chi connectivity index (χ0) is 22.5. The van der Waals surface area contributed by atoms with Crippen molar-refractivity contribution in [1.29, 1.82) is 0 Å². The lowest BCUT2D eigenvalue weighted by atomic mass is 9.77. The van der Waals surface area contributed by atoms with E-state index in [9.17, 15) is 4.39 Å². The lowest BCUT2D eigenvalue weighted by Crippen LogP contribution is -2.13. The normalized spacial score (nSPS) is 19.1. The van der Waals surface area contributed by atoms with E-state index in [0.29, 0.717) is 28.2 Å². The molecular weight excluding hydrogens is 415 g/mol. The molecule has 1 aliphatic rings. The first-order valence-electron chi connectivity index (χ1n) is 12.8. The van der Waals surface area contributed by atoms with E-state index in [4.69, 9.17) is 16.6 Å². The van der Waals surface area contributed by atoms with E-state index in [-0.39, 0.29) is 5.82 Å². The molecule has 0 atom stereocenters. The van der Waals surface area contributed by atoms with Gasteiger partial charge in [-0.25, -0.2) is 4.39 Å². The molecule has 4 rings (SSSR count). The first-order chi connectivity index (χ1) is 15.6. The number of aryl methyl sites for hydroxylation is 1. The SMILES string of the molecule is CCCCCCCC1CCC(c2ccc3c(c2)c(=S)oc2c(F)c(CCC)ccc23)CC1. The van der Waals surface area contributed by atoms with Gasteiger partial charge >= 0.3 is 0 Å². The van der Waals surface area contributed by atoms with Gasteiger partial charge in [0.2, 0.25) is 0 Å². The van der Waals surface area contributed by atoms with Crippen molar-refractivity contribution >= 4 is 34.0 Å². The zero-order valence-corrected chi connectivity index (χ0v) is 20.5. The third-order valence-electron chi connectivity index (χ3n) is 7.48. The van der Waals surface area contributed by atoms with E-state index in [1.54, 1.807) is 0 Å². The lowest BCUT2D eigenvalue weighted by Gasteiger charge is -2.29. The summed E-state index contributed by atoms with van der Waals surface area (Å²) in [4.78, 5) is 0. The highest BCUT2D eigenvalue weighted by molar-refractivity contribution is 7.71. The third-order valence-corrected chi connectivity index (χ3v) is 7.78. The van der Waals surface area contributed by atoms with Crippen molar-refractivity contribution in [2.45, 2.75) is 96.8 Å². The van der Waals surface area contributed by atoms with Crippen molar-refractivity contribution in [1.82, 2.24) is 0 Å². The number of hydrogen-bond acceptors (Lipinski definition) is 2. The largest absolute Gasteiger partial charge is 0.441 e. The van der Waals surface area contributed by atoms with Crippen LogP contribution in [0, 0.1) is 16.4 Å². The van der Waals surface area contributed by atoms with Crippen LogP contribution in [0.4, 0.5) is 4.39 Å². The maximum absolute atomic E-state index is 15.0. The molecule has 0 radical (unpaired) electrons. The summed E-state index contributed by atoms with van der Waals surface area (Å²) in [6.07, 6.45) is 15.1. The van der Waals surface area contributed by atoms with Crippen LogP contribution >= 0.6 is 12.2 Å². The minimum atomic E-state index is -0.255. The highest BCUT2D eigenvalue weighted by Gasteiger charge is 2.23. The number of benzene rings is 2. The van der Waals surface area contributed by atoms with Crippen LogP contribution in [0.25, 0.3) is 21.7 Å². The Morgan fingerprint density at radius 3 is 2.38 bits per heavy atom. The molecule has 172 valence electrons. The van der Waals surface area contributed by atoms with Gasteiger partial charge in [0, 0.05) is 10.8 Å². The van der Waals surface area contributed by atoms with Crippen LogP contribution in [0.1, 0.15) is 102 Å². The Bertz CT molecular complexity index is 1110. The second-order valence-corrected chi connectivity index (χ2v) is 10.2. The fourth-order valence-electron chi connectivity index (χ4n) is 5.56. The van der Waals surface area contributed by atoms with E-state index in [0.717, 1.165) is 28.5 Å². The summed E-state index contributed by atoms with van der Waals surface area (Å²) in [5, 5.41) is 2.78. The van der Waals surface area contributed by atoms with Crippen LogP contribution < -0.4 is 0 Å². The van der Waals surface area contributed by atoms with Gasteiger partial charge in [-0.15, -0.1) is 0 Å². The van der Waals surface area contributed by atoms with E-state index < -0.39 is 0 Å². The summed E-state index contributed by atoms with van der Waals surface area (Å²) in [6.45, 7) is 4.34. The second kappa shape index (κ2) is 10.9. The van der Waals surface area contributed by atoms with Crippen LogP contribution in [0.2, 0.25) is 0 Å². The van der Waals surface area contributed by atoms with E-state index >= 15 is 0 Å². The Hall–Kier alpha value is -1.74. The molecule has 1 fully saturated rings. The van der Waals surface area contributed by atoms with Gasteiger partial charge in [0.15, 0.2) is 16.1 Å². The smallest absolute Gasteiger partial charge is 0.198 e. The Morgan fingerprint density at radius 2 is 1.62 bits per heavy atom. The van der Waals surface area contributed by atoms with Gasteiger partial charge < -0.3 is 4.42 Å². The van der Waals surface area contributed by atoms with Crippen molar-refractivity contribution in [3.63, 3.8) is 0 Å². The molecule has 0 saturated heterocycles. The Kier molecular flexibility index (Phi) is 7.99. The summed E-state index contributed by atoms with van der Waals surface area (Å²) in [6, 6.07) is 10.5. The Morgan fingerprint density at radius 1 is 0.875 bits per heavy atom. The number of rotatable bonds is 9. The topological polar surface area (TPSA) is 13.1 Å². The van der Waals surface area contributed by atoms with Gasteiger partial charge in [0.25, 0.3) is 0 Å². The summed E-state index contributed by atoms with van der Waals surface area (Å²) in [7, 11) is 0. The van der Waals surface area contributed by atoms with Gasteiger partial charge in [-0.1, -0.05) is 83.1 Å². The van der Waals surface area contributed by atoms with Crippen LogP contribution in [0.15, 0.2) is 34.7 Å². The predicted octanol–water partition coefficient (Wildman–Crippen LogP) is 10.0. The van der Waals surface area contributed by atoms with Crippen LogP contribution in [-0.4, -0.2) is 0 Å². The molecule has 0 N–H and O–H groups in total. The molecule has 3 heteroatoms. The first-order valence-corrected chi connectivity index (χ1v) is 13.2. The van der Waals surface area contributed by atoms with Gasteiger partial charge in [-0.2, -0.15) is 0 Å². The predicted molar refractivity (Wildman–Crippen MR) is 137 cm³/mol. The minimum absolute atomic E-state index is 0.255.